The summed E-state index contributed by atoms with van der Waals surface area (Å²) in [5, 5.41) is 3.48. The lowest BCUT2D eigenvalue weighted by molar-refractivity contribution is -0.111. The number of carbonyl (C=O) groups is 1. The first-order valence-electron chi connectivity index (χ1n) is 7.17. The Morgan fingerprint density at radius 3 is 2.67 bits per heavy atom. The summed E-state index contributed by atoms with van der Waals surface area (Å²) in [6.45, 7) is 0. The van der Waals surface area contributed by atoms with Gasteiger partial charge in [-0.2, -0.15) is 0 Å². The number of amides is 1. The molecular weight excluding hydrogens is 325 g/mol. The monoisotopic (exact) mass is 339 g/mol. The molecule has 0 fully saturated rings. The number of hydrogen-bond acceptors (Lipinski definition) is 4. The van der Waals surface area contributed by atoms with Crippen molar-refractivity contribution in [2.45, 2.75) is 0 Å². The van der Waals surface area contributed by atoms with Crippen molar-refractivity contribution in [3.63, 3.8) is 0 Å². The fourth-order valence-electron chi connectivity index (χ4n) is 2.03. The van der Waals surface area contributed by atoms with E-state index in [1.54, 1.807) is 48.7 Å². The highest BCUT2D eigenvalue weighted by molar-refractivity contribution is 7.15. The molecule has 2 aromatic carbocycles. The largest absolute Gasteiger partial charge is 0.397 e. The zero-order valence-corrected chi connectivity index (χ0v) is 13.4. The van der Waals surface area contributed by atoms with E-state index in [0.717, 1.165) is 15.4 Å². The average molecular weight is 339 g/mol. The van der Waals surface area contributed by atoms with E-state index in [1.807, 2.05) is 0 Å². The van der Waals surface area contributed by atoms with Gasteiger partial charge in [0.1, 0.15) is 10.8 Å². The number of nitrogen functional groups attached to an aromatic ring is 1. The summed E-state index contributed by atoms with van der Waals surface area (Å²) in [5.74, 6) is -0.558. The number of hydrogen-bond donors (Lipinski definition) is 2. The molecule has 0 aliphatic rings. The summed E-state index contributed by atoms with van der Waals surface area (Å²) in [7, 11) is 0. The van der Waals surface area contributed by atoms with Crippen LogP contribution >= 0.6 is 11.3 Å². The molecule has 1 amide bonds. The molecule has 24 heavy (non-hydrogen) atoms. The van der Waals surface area contributed by atoms with Crippen molar-refractivity contribution in [3.05, 3.63) is 71.5 Å². The van der Waals surface area contributed by atoms with Gasteiger partial charge in [-0.25, -0.2) is 9.37 Å². The second-order valence-corrected chi connectivity index (χ2v) is 6.05. The number of para-hydroxylation sites is 2. The first-order valence-corrected chi connectivity index (χ1v) is 7.99. The second-order valence-electron chi connectivity index (χ2n) is 4.98. The maximum Gasteiger partial charge on any atom is 0.248 e. The number of rotatable bonds is 4. The molecule has 0 bridgehead atoms. The Kier molecular flexibility index (Phi) is 4.67. The highest BCUT2D eigenvalue weighted by Crippen LogP contribution is 2.26. The van der Waals surface area contributed by atoms with E-state index >= 15 is 0 Å². The zero-order chi connectivity index (χ0) is 16.9. The normalized spacial score (nSPS) is 10.9. The lowest BCUT2D eigenvalue weighted by Crippen LogP contribution is -2.09. The molecule has 0 saturated heterocycles. The predicted molar refractivity (Wildman–Crippen MR) is 96.0 cm³/mol. The number of anilines is 2. The summed E-state index contributed by atoms with van der Waals surface area (Å²) in [4.78, 5) is 17.1. The molecule has 0 atom stereocenters. The maximum absolute atomic E-state index is 12.9. The molecule has 0 unspecified atom stereocenters. The molecule has 0 radical (unpaired) electrons. The topological polar surface area (TPSA) is 68.0 Å². The molecule has 0 saturated carbocycles. The number of benzene rings is 2. The summed E-state index contributed by atoms with van der Waals surface area (Å²) in [5.41, 5.74) is 7.70. The van der Waals surface area contributed by atoms with E-state index in [4.69, 9.17) is 5.73 Å². The number of aromatic nitrogens is 1. The second kappa shape index (κ2) is 7.06. The molecule has 6 heteroatoms. The molecule has 1 aromatic heterocycles. The third-order valence-electron chi connectivity index (χ3n) is 3.23. The summed E-state index contributed by atoms with van der Waals surface area (Å²) in [6.07, 6.45) is 4.78. The van der Waals surface area contributed by atoms with Crippen molar-refractivity contribution >= 4 is 34.7 Å². The van der Waals surface area contributed by atoms with Gasteiger partial charge < -0.3 is 11.1 Å². The van der Waals surface area contributed by atoms with Crippen LogP contribution in [-0.2, 0) is 4.79 Å². The predicted octanol–water partition coefficient (Wildman–Crippen LogP) is 4.18. The van der Waals surface area contributed by atoms with Gasteiger partial charge in [0.2, 0.25) is 5.91 Å². The Labute approximate surface area is 142 Å². The number of carbonyl (C=O) groups excluding carboxylic acids is 1. The number of nitrogens with two attached hydrogens (primary N) is 1. The van der Waals surface area contributed by atoms with Crippen LogP contribution in [-0.4, -0.2) is 10.9 Å². The zero-order valence-electron chi connectivity index (χ0n) is 12.6. The van der Waals surface area contributed by atoms with E-state index < -0.39 is 0 Å². The fourth-order valence-corrected chi connectivity index (χ4v) is 2.86. The van der Waals surface area contributed by atoms with Crippen molar-refractivity contribution in [3.8, 4) is 10.6 Å². The van der Waals surface area contributed by atoms with E-state index in [2.05, 4.69) is 10.3 Å². The minimum Gasteiger partial charge on any atom is -0.397 e. The molecule has 0 aliphatic carbocycles. The first-order chi connectivity index (χ1) is 11.6. The Balaban J connectivity index is 1.68. The van der Waals surface area contributed by atoms with Crippen molar-refractivity contribution in [2.24, 2.45) is 0 Å². The third-order valence-corrected chi connectivity index (χ3v) is 4.24. The molecule has 3 rings (SSSR count). The van der Waals surface area contributed by atoms with E-state index in [0.29, 0.717) is 11.4 Å². The van der Waals surface area contributed by atoms with Gasteiger partial charge in [0.15, 0.2) is 0 Å². The lowest BCUT2D eigenvalue weighted by atomic mass is 10.2. The van der Waals surface area contributed by atoms with Gasteiger partial charge in [0.25, 0.3) is 0 Å². The Morgan fingerprint density at radius 1 is 1.17 bits per heavy atom. The molecule has 1 heterocycles. The average Bonchev–Trinajstić information content (AvgIpc) is 3.05. The van der Waals surface area contributed by atoms with Crippen LogP contribution < -0.4 is 11.1 Å². The minimum atomic E-state index is -0.285. The smallest absolute Gasteiger partial charge is 0.248 e. The van der Waals surface area contributed by atoms with E-state index in [9.17, 15) is 9.18 Å². The maximum atomic E-state index is 12.9. The molecule has 3 N–H and O–H groups in total. The molecule has 3 aromatic rings. The summed E-state index contributed by atoms with van der Waals surface area (Å²) < 4.78 is 12.9. The quantitative estimate of drug-likeness (QED) is 0.553. The van der Waals surface area contributed by atoms with Crippen molar-refractivity contribution in [2.75, 3.05) is 11.1 Å². The number of nitrogens with one attached hydrogen (secondary N) is 1. The van der Waals surface area contributed by atoms with E-state index in [-0.39, 0.29) is 11.7 Å². The van der Waals surface area contributed by atoms with E-state index in [1.165, 1.54) is 29.5 Å². The van der Waals surface area contributed by atoms with Crippen molar-refractivity contribution < 1.29 is 9.18 Å². The molecule has 0 spiro atoms. The van der Waals surface area contributed by atoms with Crippen LogP contribution in [0.25, 0.3) is 16.6 Å². The van der Waals surface area contributed by atoms with Gasteiger partial charge in [-0.1, -0.05) is 12.1 Å². The fraction of sp³-hybridized carbons (Fsp3) is 0. The van der Waals surface area contributed by atoms with Gasteiger partial charge in [0.05, 0.1) is 11.4 Å². The van der Waals surface area contributed by atoms with Crippen molar-refractivity contribution in [1.82, 2.24) is 4.98 Å². The summed E-state index contributed by atoms with van der Waals surface area (Å²) >= 11 is 1.42. The van der Waals surface area contributed by atoms with Gasteiger partial charge in [-0.15, -0.1) is 11.3 Å². The van der Waals surface area contributed by atoms with Crippen LogP contribution in [0.2, 0.25) is 0 Å². The van der Waals surface area contributed by atoms with Crippen LogP contribution in [0.15, 0.2) is 60.8 Å². The van der Waals surface area contributed by atoms with Gasteiger partial charge in [-0.3, -0.25) is 4.79 Å². The van der Waals surface area contributed by atoms with Crippen LogP contribution in [0.1, 0.15) is 4.88 Å². The standard InChI is InChI=1S/C18H14FN3OS/c19-13-7-5-12(6-8-13)18-21-11-14(24-18)9-10-17(23)22-16-4-2-1-3-15(16)20/h1-11H,20H2,(H,22,23)/b10-9+. The Morgan fingerprint density at radius 2 is 1.92 bits per heavy atom. The van der Waals surface area contributed by atoms with Crippen LogP contribution in [0.4, 0.5) is 15.8 Å². The molecule has 4 nitrogen and oxygen atoms in total. The van der Waals surface area contributed by atoms with Gasteiger partial charge in [-0.05, 0) is 42.5 Å². The van der Waals surface area contributed by atoms with Gasteiger partial charge in [0, 0.05) is 22.7 Å². The molecule has 0 aliphatic heterocycles. The SMILES string of the molecule is Nc1ccccc1NC(=O)/C=C/c1cnc(-c2ccc(F)cc2)s1. The highest BCUT2D eigenvalue weighted by Gasteiger charge is 2.05. The number of thiazole rings is 1. The minimum absolute atomic E-state index is 0.273. The molecular formula is C18H14FN3OS. The number of halogens is 1. The summed E-state index contributed by atoms with van der Waals surface area (Å²) in [6, 6.07) is 13.2. The number of nitrogens with zero attached hydrogens (tertiary/aromatic N) is 1. The van der Waals surface area contributed by atoms with Crippen molar-refractivity contribution in [1.29, 1.82) is 0 Å². The molecule has 120 valence electrons. The Bertz CT molecular complexity index is 887. The third kappa shape index (κ3) is 3.85. The lowest BCUT2D eigenvalue weighted by Gasteiger charge is -2.04. The van der Waals surface area contributed by atoms with Crippen LogP contribution in [0.3, 0.4) is 0 Å². The first kappa shape index (κ1) is 15.9. The van der Waals surface area contributed by atoms with Crippen LogP contribution in [0, 0.1) is 5.82 Å². The Hall–Kier alpha value is -2.99. The van der Waals surface area contributed by atoms with Gasteiger partial charge >= 0.3 is 0 Å². The highest BCUT2D eigenvalue weighted by atomic mass is 32.1. The van der Waals surface area contributed by atoms with Crippen LogP contribution in [0.5, 0.6) is 0 Å².